The Labute approximate surface area is 106 Å². The molecule has 0 bridgehead atoms. The zero-order valence-corrected chi connectivity index (χ0v) is 10.4. The summed E-state index contributed by atoms with van der Waals surface area (Å²) in [6, 6.07) is 9.86. The first-order valence-electron chi connectivity index (χ1n) is 6.01. The van der Waals surface area contributed by atoms with Gasteiger partial charge in [-0.2, -0.15) is 8.78 Å². The summed E-state index contributed by atoms with van der Waals surface area (Å²) in [7, 11) is 0. The molecule has 0 aliphatic rings. The molecule has 5 heteroatoms. The van der Waals surface area contributed by atoms with Crippen LogP contribution in [0.4, 0.5) is 14.5 Å². The predicted octanol–water partition coefficient (Wildman–Crippen LogP) is 2.28. The fourth-order valence-electron chi connectivity index (χ4n) is 1.67. The minimum Gasteiger partial charge on any atom is -0.372 e. The van der Waals surface area contributed by atoms with Crippen molar-refractivity contribution < 1.29 is 13.6 Å². The monoisotopic (exact) mass is 256 g/mol. The normalized spacial score (nSPS) is 10.4. The van der Waals surface area contributed by atoms with Gasteiger partial charge in [-0.3, -0.25) is 4.79 Å². The van der Waals surface area contributed by atoms with E-state index in [1.54, 1.807) is 0 Å². The Hall–Kier alpha value is -1.65. The lowest BCUT2D eigenvalue weighted by molar-refractivity contribution is -0.131. The molecule has 0 spiro atoms. The SMILES string of the molecule is CCN(CCCNC(=O)C(F)F)c1ccccc1. The summed E-state index contributed by atoms with van der Waals surface area (Å²) in [4.78, 5) is 12.8. The van der Waals surface area contributed by atoms with Crippen molar-refractivity contribution in [2.45, 2.75) is 19.8 Å². The number of rotatable bonds is 7. The predicted molar refractivity (Wildman–Crippen MR) is 68.0 cm³/mol. The summed E-state index contributed by atoms with van der Waals surface area (Å²) in [6.45, 7) is 3.87. The summed E-state index contributed by atoms with van der Waals surface area (Å²) in [5, 5.41) is 2.20. The van der Waals surface area contributed by atoms with E-state index in [1.807, 2.05) is 37.3 Å². The first kappa shape index (κ1) is 14.4. The van der Waals surface area contributed by atoms with Gasteiger partial charge < -0.3 is 10.2 Å². The van der Waals surface area contributed by atoms with Gasteiger partial charge in [0.25, 0.3) is 5.91 Å². The summed E-state index contributed by atoms with van der Waals surface area (Å²) in [5.74, 6) is -1.20. The molecule has 3 nitrogen and oxygen atoms in total. The van der Waals surface area contributed by atoms with E-state index in [0.29, 0.717) is 6.42 Å². The molecule has 0 heterocycles. The van der Waals surface area contributed by atoms with Crippen molar-refractivity contribution in [3.63, 3.8) is 0 Å². The van der Waals surface area contributed by atoms with Gasteiger partial charge in [-0.25, -0.2) is 0 Å². The first-order chi connectivity index (χ1) is 8.65. The second kappa shape index (κ2) is 7.63. The van der Waals surface area contributed by atoms with Crippen molar-refractivity contribution in [2.75, 3.05) is 24.5 Å². The molecule has 0 radical (unpaired) electrons. The summed E-state index contributed by atoms with van der Waals surface area (Å²) in [5.41, 5.74) is 1.10. The first-order valence-corrected chi connectivity index (χ1v) is 6.01. The Balaban J connectivity index is 2.31. The van der Waals surface area contributed by atoms with E-state index >= 15 is 0 Å². The van der Waals surface area contributed by atoms with Gasteiger partial charge in [0.1, 0.15) is 0 Å². The molecule has 0 aromatic heterocycles. The number of hydrogen-bond acceptors (Lipinski definition) is 2. The molecule has 0 saturated heterocycles. The summed E-state index contributed by atoms with van der Waals surface area (Å²) in [6.07, 6.45) is -2.29. The number of amides is 1. The molecule has 18 heavy (non-hydrogen) atoms. The number of nitrogens with zero attached hydrogens (tertiary/aromatic N) is 1. The molecule has 1 aromatic carbocycles. The van der Waals surface area contributed by atoms with Crippen molar-refractivity contribution in [1.29, 1.82) is 0 Å². The third-order valence-electron chi connectivity index (χ3n) is 2.61. The van der Waals surface area contributed by atoms with Gasteiger partial charge in [-0.1, -0.05) is 18.2 Å². The topological polar surface area (TPSA) is 32.3 Å². The molecule has 100 valence electrons. The van der Waals surface area contributed by atoms with Crippen LogP contribution < -0.4 is 10.2 Å². The van der Waals surface area contributed by atoms with Crippen LogP contribution in [-0.2, 0) is 4.79 Å². The maximum Gasteiger partial charge on any atom is 0.315 e. The molecule has 0 atom stereocenters. The minimum absolute atomic E-state index is 0.270. The fourth-order valence-corrected chi connectivity index (χ4v) is 1.67. The molecule has 0 aliphatic heterocycles. The van der Waals surface area contributed by atoms with E-state index in [2.05, 4.69) is 10.2 Å². The number of carbonyl (C=O) groups is 1. The van der Waals surface area contributed by atoms with Crippen LogP contribution in [0.25, 0.3) is 0 Å². The van der Waals surface area contributed by atoms with Gasteiger partial charge in [0.05, 0.1) is 0 Å². The molecule has 1 aromatic rings. The number of halogens is 2. The highest BCUT2D eigenvalue weighted by atomic mass is 19.3. The molecule has 1 rings (SSSR count). The van der Waals surface area contributed by atoms with Crippen LogP contribution in [0.3, 0.4) is 0 Å². The van der Waals surface area contributed by atoms with Crippen molar-refractivity contribution in [1.82, 2.24) is 5.32 Å². The maximum absolute atomic E-state index is 11.9. The second-order valence-corrected chi connectivity index (χ2v) is 3.86. The van der Waals surface area contributed by atoms with E-state index in [9.17, 15) is 13.6 Å². The zero-order chi connectivity index (χ0) is 13.4. The average molecular weight is 256 g/mol. The Morgan fingerprint density at radius 3 is 2.56 bits per heavy atom. The quantitative estimate of drug-likeness (QED) is 0.759. The molecule has 0 fully saturated rings. The molecular formula is C13H18F2N2O. The third kappa shape index (κ3) is 4.69. The van der Waals surface area contributed by atoms with Crippen molar-refractivity contribution in [2.24, 2.45) is 0 Å². The van der Waals surface area contributed by atoms with E-state index in [1.165, 1.54) is 0 Å². The number of hydrogen-bond donors (Lipinski definition) is 1. The van der Waals surface area contributed by atoms with Gasteiger partial charge in [0.2, 0.25) is 0 Å². The van der Waals surface area contributed by atoms with Crippen LogP contribution in [0.15, 0.2) is 30.3 Å². The van der Waals surface area contributed by atoms with Crippen LogP contribution in [-0.4, -0.2) is 32.0 Å². The highest BCUT2D eigenvalue weighted by molar-refractivity contribution is 5.78. The van der Waals surface area contributed by atoms with Crippen LogP contribution in [0.1, 0.15) is 13.3 Å². The molecule has 1 N–H and O–H groups in total. The van der Waals surface area contributed by atoms with Crippen molar-refractivity contribution >= 4 is 11.6 Å². The number of anilines is 1. The van der Waals surface area contributed by atoms with Gasteiger partial charge in [0, 0.05) is 25.3 Å². The highest BCUT2D eigenvalue weighted by Gasteiger charge is 2.13. The van der Waals surface area contributed by atoms with Gasteiger partial charge in [-0.05, 0) is 25.5 Å². The standard InChI is InChI=1S/C13H18F2N2O/c1-2-17(11-7-4-3-5-8-11)10-6-9-16-13(18)12(14)15/h3-5,7-8,12H,2,6,9-10H2,1H3,(H,16,18). The summed E-state index contributed by atoms with van der Waals surface area (Å²) >= 11 is 0. The Bertz CT molecular complexity index is 357. The number of carbonyl (C=O) groups excluding carboxylic acids is 1. The van der Waals surface area contributed by atoms with Gasteiger partial charge in [0.15, 0.2) is 0 Å². The largest absolute Gasteiger partial charge is 0.372 e. The van der Waals surface area contributed by atoms with Gasteiger partial charge in [-0.15, -0.1) is 0 Å². The number of benzene rings is 1. The third-order valence-corrected chi connectivity index (χ3v) is 2.61. The Kier molecular flexibility index (Phi) is 6.11. The number of para-hydroxylation sites is 1. The van der Waals surface area contributed by atoms with Crippen LogP contribution in [0.5, 0.6) is 0 Å². The van der Waals surface area contributed by atoms with Crippen molar-refractivity contribution in [3.05, 3.63) is 30.3 Å². The second-order valence-electron chi connectivity index (χ2n) is 3.86. The van der Waals surface area contributed by atoms with Crippen molar-refractivity contribution in [3.8, 4) is 0 Å². The van der Waals surface area contributed by atoms with Crippen LogP contribution >= 0.6 is 0 Å². The molecule has 0 aliphatic carbocycles. The average Bonchev–Trinajstić information content (AvgIpc) is 2.39. The van der Waals surface area contributed by atoms with E-state index in [-0.39, 0.29) is 6.54 Å². The highest BCUT2D eigenvalue weighted by Crippen LogP contribution is 2.12. The smallest absolute Gasteiger partial charge is 0.315 e. The lowest BCUT2D eigenvalue weighted by atomic mass is 10.2. The molecule has 0 saturated carbocycles. The number of alkyl halides is 2. The maximum atomic E-state index is 11.9. The van der Waals surface area contributed by atoms with Crippen LogP contribution in [0.2, 0.25) is 0 Å². The van der Waals surface area contributed by atoms with Gasteiger partial charge >= 0.3 is 6.43 Å². The molecule has 1 amide bonds. The van der Waals surface area contributed by atoms with E-state index in [4.69, 9.17) is 0 Å². The minimum atomic E-state index is -2.93. The van der Waals surface area contributed by atoms with E-state index < -0.39 is 12.3 Å². The van der Waals surface area contributed by atoms with E-state index in [0.717, 1.165) is 18.8 Å². The fraction of sp³-hybridized carbons (Fsp3) is 0.462. The Morgan fingerprint density at radius 2 is 2.00 bits per heavy atom. The lowest BCUT2D eigenvalue weighted by Crippen LogP contribution is -2.33. The Morgan fingerprint density at radius 1 is 1.33 bits per heavy atom. The number of nitrogens with one attached hydrogen (secondary N) is 1. The zero-order valence-electron chi connectivity index (χ0n) is 10.4. The lowest BCUT2D eigenvalue weighted by Gasteiger charge is -2.23. The molecule has 0 unspecified atom stereocenters. The summed E-state index contributed by atoms with van der Waals surface area (Å²) < 4.78 is 23.8. The molecular weight excluding hydrogens is 238 g/mol. The van der Waals surface area contributed by atoms with Crippen LogP contribution in [0, 0.1) is 0 Å².